The molecule has 0 radical (unpaired) electrons. The van der Waals surface area contributed by atoms with Crippen LogP contribution in [-0.2, 0) is 6.54 Å². The predicted molar refractivity (Wildman–Crippen MR) is 95.4 cm³/mol. The summed E-state index contributed by atoms with van der Waals surface area (Å²) < 4.78 is 1.87. The third-order valence-corrected chi connectivity index (χ3v) is 3.92. The molecular weight excluding hydrogens is 298 g/mol. The summed E-state index contributed by atoms with van der Waals surface area (Å²) in [4.78, 5) is 4.66. The molecule has 0 bridgehead atoms. The molecule has 3 rings (SSSR count). The molecule has 0 N–H and O–H groups in total. The zero-order valence-corrected chi connectivity index (χ0v) is 14.9. The lowest BCUT2D eigenvalue weighted by Crippen LogP contribution is -2.17. The Morgan fingerprint density at radius 1 is 1.00 bits per heavy atom. The van der Waals surface area contributed by atoms with Gasteiger partial charge in [-0.05, 0) is 52.9 Å². The summed E-state index contributed by atoms with van der Waals surface area (Å²) in [6, 6.07) is 10.3. The molecule has 0 aliphatic rings. The van der Waals surface area contributed by atoms with E-state index in [0.29, 0.717) is 0 Å². The minimum atomic E-state index is 0.0884. The molecule has 0 amide bonds. The Kier molecular flexibility index (Phi) is 4.18. The van der Waals surface area contributed by atoms with Crippen LogP contribution in [0.3, 0.4) is 0 Å². The van der Waals surface area contributed by atoms with Gasteiger partial charge in [0.05, 0.1) is 5.69 Å². The second kappa shape index (κ2) is 6.15. The van der Waals surface area contributed by atoms with E-state index in [2.05, 4.69) is 73.3 Å². The summed E-state index contributed by atoms with van der Waals surface area (Å²) in [6.07, 6.45) is 1.82. The minimum Gasteiger partial charge on any atom is -0.255 e. The molecule has 124 valence electrons. The van der Waals surface area contributed by atoms with Crippen molar-refractivity contribution in [1.29, 1.82) is 0 Å². The highest BCUT2D eigenvalue weighted by Crippen LogP contribution is 2.33. The third kappa shape index (κ3) is 3.20. The molecule has 0 saturated heterocycles. The van der Waals surface area contributed by atoms with Crippen LogP contribution in [-0.4, -0.2) is 25.2 Å². The van der Waals surface area contributed by atoms with E-state index in [1.807, 2.05) is 23.0 Å². The maximum Gasteiger partial charge on any atom is 0.184 e. The lowest BCUT2D eigenvalue weighted by molar-refractivity contribution is 0.323. The number of nitrogens with zero attached hydrogens (tertiary/aromatic N) is 5. The summed E-state index contributed by atoms with van der Waals surface area (Å²) in [6.45, 7) is 11.5. The van der Waals surface area contributed by atoms with Gasteiger partial charge >= 0.3 is 0 Å². The first-order valence-electron chi connectivity index (χ1n) is 8.15. The van der Waals surface area contributed by atoms with Gasteiger partial charge in [-0.2, -0.15) is 0 Å². The van der Waals surface area contributed by atoms with Gasteiger partial charge in [-0.25, -0.2) is 4.68 Å². The van der Waals surface area contributed by atoms with Gasteiger partial charge in [-0.3, -0.25) is 4.98 Å². The van der Waals surface area contributed by atoms with Crippen LogP contribution in [0.4, 0.5) is 0 Å². The number of hydrogen-bond donors (Lipinski definition) is 0. The molecule has 2 heterocycles. The number of aryl methyl sites for hydroxylation is 2. The summed E-state index contributed by atoms with van der Waals surface area (Å²) in [5.74, 6) is 0.760. The van der Waals surface area contributed by atoms with Crippen molar-refractivity contribution in [2.45, 2.75) is 41.2 Å². The fourth-order valence-corrected chi connectivity index (χ4v) is 2.93. The van der Waals surface area contributed by atoms with Gasteiger partial charge in [0, 0.05) is 23.9 Å². The topological polar surface area (TPSA) is 56.5 Å². The lowest BCUT2D eigenvalue weighted by Gasteiger charge is -2.19. The molecule has 0 atom stereocenters. The van der Waals surface area contributed by atoms with Crippen molar-refractivity contribution in [3.05, 3.63) is 47.7 Å². The Hall–Kier alpha value is -2.56. The Bertz CT molecular complexity index is 838. The highest BCUT2D eigenvalue weighted by atomic mass is 15.5. The van der Waals surface area contributed by atoms with Crippen LogP contribution in [0.1, 0.15) is 31.9 Å². The van der Waals surface area contributed by atoms with Crippen molar-refractivity contribution in [3.63, 3.8) is 0 Å². The van der Waals surface area contributed by atoms with Crippen molar-refractivity contribution >= 4 is 0 Å². The van der Waals surface area contributed by atoms with Crippen LogP contribution in [0.25, 0.3) is 22.6 Å². The van der Waals surface area contributed by atoms with Crippen LogP contribution < -0.4 is 0 Å². The molecular formula is C19H23N5. The van der Waals surface area contributed by atoms with Gasteiger partial charge in [0.15, 0.2) is 5.82 Å². The van der Waals surface area contributed by atoms with Crippen LogP contribution in [0, 0.1) is 19.3 Å². The van der Waals surface area contributed by atoms with Crippen LogP contribution >= 0.6 is 0 Å². The maximum absolute atomic E-state index is 4.66. The normalized spacial score (nSPS) is 11.7. The van der Waals surface area contributed by atoms with Gasteiger partial charge < -0.3 is 0 Å². The van der Waals surface area contributed by atoms with Gasteiger partial charge in [-0.15, -0.1) is 5.10 Å². The summed E-state index contributed by atoms with van der Waals surface area (Å²) in [5, 5.41) is 12.4. The second-order valence-corrected chi connectivity index (χ2v) is 7.39. The quantitative estimate of drug-likeness (QED) is 0.730. The largest absolute Gasteiger partial charge is 0.255 e. The average Bonchev–Trinajstić information content (AvgIpc) is 2.93. The Labute approximate surface area is 142 Å². The van der Waals surface area contributed by atoms with Gasteiger partial charge in [-0.1, -0.05) is 39.0 Å². The highest BCUT2D eigenvalue weighted by molar-refractivity contribution is 5.80. The third-order valence-electron chi connectivity index (χ3n) is 3.92. The first kappa shape index (κ1) is 16.3. The fraction of sp³-hybridized carbons (Fsp3) is 0.368. The number of hydrogen-bond acceptors (Lipinski definition) is 4. The second-order valence-electron chi connectivity index (χ2n) is 7.39. The number of rotatable bonds is 3. The summed E-state index contributed by atoms with van der Waals surface area (Å²) >= 11 is 0. The van der Waals surface area contributed by atoms with E-state index in [1.54, 1.807) is 0 Å². The number of pyridine rings is 1. The van der Waals surface area contributed by atoms with E-state index in [0.717, 1.165) is 29.2 Å². The fourth-order valence-electron chi connectivity index (χ4n) is 2.93. The standard InChI is InChI=1S/C19H23N5/c1-13-8-6-9-14(2)16(13)17-15(10-7-11-20-17)18-21-22-23-24(18)12-19(3,4)5/h6-11H,12H2,1-5H3. The van der Waals surface area contributed by atoms with Crippen molar-refractivity contribution < 1.29 is 0 Å². The molecule has 5 heteroatoms. The molecule has 2 aromatic heterocycles. The summed E-state index contributed by atoms with van der Waals surface area (Å²) in [7, 11) is 0. The Balaban J connectivity index is 2.17. The van der Waals surface area contributed by atoms with E-state index < -0.39 is 0 Å². The van der Waals surface area contributed by atoms with Crippen LogP contribution in [0.2, 0.25) is 0 Å². The molecule has 3 aromatic rings. The van der Waals surface area contributed by atoms with Gasteiger partial charge in [0.25, 0.3) is 0 Å². The maximum atomic E-state index is 4.66. The smallest absolute Gasteiger partial charge is 0.184 e. The molecule has 0 aliphatic heterocycles. The molecule has 0 unspecified atom stereocenters. The van der Waals surface area contributed by atoms with E-state index in [1.165, 1.54) is 11.1 Å². The molecule has 0 spiro atoms. The van der Waals surface area contributed by atoms with E-state index in [9.17, 15) is 0 Å². The minimum absolute atomic E-state index is 0.0884. The Morgan fingerprint density at radius 3 is 2.38 bits per heavy atom. The summed E-state index contributed by atoms with van der Waals surface area (Å²) in [5.41, 5.74) is 5.53. The van der Waals surface area contributed by atoms with E-state index in [4.69, 9.17) is 0 Å². The SMILES string of the molecule is Cc1cccc(C)c1-c1ncccc1-c1nnnn1CC(C)(C)C. The molecule has 1 aromatic carbocycles. The molecule has 0 saturated carbocycles. The van der Waals surface area contributed by atoms with E-state index >= 15 is 0 Å². The number of benzene rings is 1. The molecule has 0 aliphatic carbocycles. The number of aromatic nitrogens is 5. The lowest BCUT2D eigenvalue weighted by atomic mass is 9.95. The van der Waals surface area contributed by atoms with E-state index in [-0.39, 0.29) is 5.41 Å². The highest BCUT2D eigenvalue weighted by Gasteiger charge is 2.20. The first-order chi connectivity index (χ1) is 11.4. The molecule has 5 nitrogen and oxygen atoms in total. The van der Waals surface area contributed by atoms with Crippen LogP contribution in [0.5, 0.6) is 0 Å². The zero-order valence-electron chi connectivity index (χ0n) is 14.9. The average molecular weight is 321 g/mol. The monoisotopic (exact) mass is 321 g/mol. The molecule has 24 heavy (non-hydrogen) atoms. The Morgan fingerprint density at radius 2 is 1.71 bits per heavy atom. The van der Waals surface area contributed by atoms with Crippen LogP contribution in [0.15, 0.2) is 36.5 Å². The number of tetrazole rings is 1. The predicted octanol–water partition coefficient (Wildman–Crippen LogP) is 4.07. The van der Waals surface area contributed by atoms with Crippen molar-refractivity contribution in [2.24, 2.45) is 5.41 Å². The first-order valence-corrected chi connectivity index (χ1v) is 8.15. The van der Waals surface area contributed by atoms with Crippen molar-refractivity contribution in [2.75, 3.05) is 0 Å². The van der Waals surface area contributed by atoms with Crippen molar-refractivity contribution in [1.82, 2.24) is 25.2 Å². The van der Waals surface area contributed by atoms with Gasteiger partial charge in [0.1, 0.15) is 0 Å². The van der Waals surface area contributed by atoms with Crippen molar-refractivity contribution in [3.8, 4) is 22.6 Å². The zero-order chi connectivity index (χ0) is 17.3. The van der Waals surface area contributed by atoms with Gasteiger partial charge in [0.2, 0.25) is 0 Å². The molecule has 0 fully saturated rings.